The van der Waals surface area contributed by atoms with Gasteiger partial charge in [-0.25, -0.2) is 0 Å². The summed E-state index contributed by atoms with van der Waals surface area (Å²) in [5, 5.41) is 3.13. The van der Waals surface area contributed by atoms with E-state index in [1.807, 2.05) is 54.6 Å². The van der Waals surface area contributed by atoms with Crippen LogP contribution in [0.25, 0.3) is 0 Å². The van der Waals surface area contributed by atoms with Crippen LogP contribution in [0.3, 0.4) is 0 Å². The lowest BCUT2D eigenvalue weighted by Crippen LogP contribution is -2.32. The molecule has 0 aromatic heterocycles. The molecule has 0 bridgehead atoms. The minimum atomic E-state index is 0.0322. The summed E-state index contributed by atoms with van der Waals surface area (Å²) in [5.41, 5.74) is 1.85. The Morgan fingerprint density at radius 2 is 1.74 bits per heavy atom. The number of hydrogen-bond donors (Lipinski definition) is 1. The first kappa shape index (κ1) is 13.9. The van der Waals surface area contributed by atoms with E-state index in [-0.39, 0.29) is 12.5 Å². The van der Waals surface area contributed by atoms with E-state index in [0.29, 0.717) is 0 Å². The molecule has 0 saturated carbocycles. The number of nitrogens with one attached hydrogen (secondary N) is 1. The van der Waals surface area contributed by atoms with Gasteiger partial charge in [0.05, 0.1) is 6.54 Å². The zero-order valence-electron chi connectivity index (χ0n) is 10.6. The third-order valence-electron chi connectivity index (χ3n) is 2.81. The predicted molar refractivity (Wildman–Crippen MR) is 87.5 cm³/mol. The lowest BCUT2D eigenvalue weighted by atomic mass is 10.3. The fourth-order valence-electron chi connectivity index (χ4n) is 1.66. The third-order valence-corrected chi connectivity index (χ3v) is 3.52. The van der Waals surface area contributed by atoms with Gasteiger partial charge in [-0.1, -0.05) is 18.2 Å². The number of halogens is 1. The van der Waals surface area contributed by atoms with Crippen molar-refractivity contribution in [2.24, 2.45) is 0 Å². The predicted octanol–water partition coefficient (Wildman–Crippen LogP) is 3.37. The van der Waals surface area contributed by atoms with Gasteiger partial charge in [-0.3, -0.25) is 4.79 Å². The molecule has 0 radical (unpaired) electrons. The van der Waals surface area contributed by atoms with Crippen LogP contribution in [0.4, 0.5) is 11.4 Å². The van der Waals surface area contributed by atoms with Crippen molar-refractivity contribution in [1.82, 2.24) is 0 Å². The highest BCUT2D eigenvalue weighted by Gasteiger charge is 2.09. The first-order chi connectivity index (χ1) is 9.16. The zero-order chi connectivity index (χ0) is 13.7. The van der Waals surface area contributed by atoms with E-state index in [0.717, 1.165) is 11.4 Å². The molecule has 0 atom stereocenters. The fraction of sp³-hybridized carbons (Fsp3) is 0.133. The topological polar surface area (TPSA) is 32.3 Å². The van der Waals surface area contributed by atoms with E-state index in [1.165, 1.54) is 3.57 Å². The lowest BCUT2D eigenvalue weighted by molar-refractivity contribution is -0.116. The summed E-state index contributed by atoms with van der Waals surface area (Å²) in [6.45, 7) is 0.284. The van der Waals surface area contributed by atoms with Crippen molar-refractivity contribution in [3.63, 3.8) is 0 Å². The van der Waals surface area contributed by atoms with Crippen LogP contribution in [0.5, 0.6) is 0 Å². The van der Waals surface area contributed by atoms with Gasteiger partial charge in [-0.05, 0) is 59.0 Å². The summed E-state index contributed by atoms with van der Waals surface area (Å²) in [6, 6.07) is 17.6. The van der Waals surface area contributed by atoms with E-state index < -0.39 is 0 Å². The molecule has 4 heteroatoms. The maximum Gasteiger partial charge on any atom is 0.246 e. The number of para-hydroxylation sites is 1. The van der Waals surface area contributed by atoms with Crippen LogP contribution >= 0.6 is 22.6 Å². The maximum atomic E-state index is 12.0. The molecule has 0 saturated heterocycles. The molecule has 2 rings (SSSR count). The molecule has 0 fully saturated rings. The fourth-order valence-corrected chi connectivity index (χ4v) is 2.02. The van der Waals surface area contributed by atoms with E-state index >= 15 is 0 Å². The summed E-state index contributed by atoms with van der Waals surface area (Å²) in [4.78, 5) is 13.7. The number of carbonyl (C=O) groups excluding carboxylic acids is 1. The van der Waals surface area contributed by atoms with Gasteiger partial charge in [0, 0.05) is 22.0 Å². The summed E-state index contributed by atoms with van der Waals surface area (Å²) >= 11 is 2.25. The number of nitrogens with zero attached hydrogens (tertiary/aromatic N) is 1. The zero-order valence-corrected chi connectivity index (χ0v) is 12.8. The van der Waals surface area contributed by atoms with Gasteiger partial charge in [0.2, 0.25) is 5.91 Å². The molecular formula is C15H15IN2O. The van der Waals surface area contributed by atoms with Gasteiger partial charge >= 0.3 is 0 Å². The van der Waals surface area contributed by atoms with Crippen molar-refractivity contribution in [3.05, 3.63) is 58.2 Å². The summed E-state index contributed by atoms with van der Waals surface area (Å²) in [5.74, 6) is 0.0322. The maximum absolute atomic E-state index is 12.0. The molecule has 1 amide bonds. The van der Waals surface area contributed by atoms with Crippen LogP contribution in [0.2, 0.25) is 0 Å². The lowest BCUT2D eigenvalue weighted by Gasteiger charge is -2.17. The first-order valence-electron chi connectivity index (χ1n) is 5.98. The highest BCUT2D eigenvalue weighted by molar-refractivity contribution is 14.1. The Hall–Kier alpha value is -1.56. The van der Waals surface area contributed by atoms with Gasteiger partial charge < -0.3 is 10.2 Å². The smallest absolute Gasteiger partial charge is 0.246 e. The highest BCUT2D eigenvalue weighted by atomic mass is 127. The second kappa shape index (κ2) is 6.56. The van der Waals surface area contributed by atoms with Gasteiger partial charge in [-0.2, -0.15) is 0 Å². The van der Waals surface area contributed by atoms with Crippen molar-refractivity contribution >= 4 is 39.9 Å². The molecule has 2 aromatic rings. The molecule has 1 N–H and O–H groups in total. The van der Waals surface area contributed by atoms with Crippen molar-refractivity contribution in [1.29, 1.82) is 0 Å². The number of anilines is 2. The van der Waals surface area contributed by atoms with Crippen LogP contribution < -0.4 is 10.2 Å². The number of likely N-dealkylation sites (N-methyl/N-ethyl adjacent to an activating group) is 1. The van der Waals surface area contributed by atoms with Gasteiger partial charge in [0.25, 0.3) is 0 Å². The molecule has 19 heavy (non-hydrogen) atoms. The standard InChI is InChI=1S/C15H15IN2O/c1-18(14-5-3-2-4-6-14)15(19)11-17-13-9-7-12(16)8-10-13/h2-10,17H,11H2,1H3. The average molecular weight is 366 g/mol. The second-order valence-corrected chi connectivity index (χ2v) is 5.39. The van der Waals surface area contributed by atoms with Crippen LogP contribution in [-0.4, -0.2) is 19.5 Å². The van der Waals surface area contributed by atoms with Crippen LogP contribution in [0.15, 0.2) is 54.6 Å². The summed E-state index contributed by atoms with van der Waals surface area (Å²) in [6.07, 6.45) is 0. The van der Waals surface area contributed by atoms with E-state index in [4.69, 9.17) is 0 Å². The minimum absolute atomic E-state index is 0.0322. The Balaban J connectivity index is 1.93. The molecule has 0 aliphatic heterocycles. The summed E-state index contributed by atoms with van der Waals surface area (Å²) in [7, 11) is 1.78. The minimum Gasteiger partial charge on any atom is -0.376 e. The number of carbonyl (C=O) groups is 1. The van der Waals surface area contributed by atoms with Crippen molar-refractivity contribution in [3.8, 4) is 0 Å². The Labute approximate surface area is 126 Å². The Morgan fingerprint density at radius 1 is 1.11 bits per heavy atom. The van der Waals surface area contributed by atoms with Gasteiger partial charge in [-0.15, -0.1) is 0 Å². The van der Waals surface area contributed by atoms with E-state index in [2.05, 4.69) is 27.9 Å². The van der Waals surface area contributed by atoms with Crippen LogP contribution in [0.1, 0.15) is 0 Å². The number of hydrogen-bond acceptors (Lipinski definition) is 2. The van der Waals surface area contributed by atoms with Crippen molar-refractivity contribution in [2.75, 3.05) is 23.8 Å². The van der Waals surface area contributed by atoms with E-state index in [1.54, 1.807) is 11.9 Å². The third kappa shape index (κ3) is 3.96. The largest absolute Gasteiger partial charge is 0.376 e. The van der Waals surface area contributed by atoms with Gasteiger partial charge in [0.15, 0.2) is 0 Å². The normalized spacial score (nSPS) is 10.0. The SMILES string of the molecule is CN(C(=O)CNc1ccc(I)cc1)c1ccccc1. The average Bonchev–Trinajstić information content (AvgIpc) is 2.46. The molecule has 0 unspecified atom stereocenters. The Kier molecular flexibility index (Phi) is 4.79. The van der Waals surface area contributed by atoms with Crippen LogP contribution in [0, 0.1) is 3.57 Å². The number of amides is 1. The molecule has 3 nitrogen and oxygen atoms in total. The molecule has 98 valence electrons. The molecule has 0 spiro atoms. The van der Waals surface area contributed by atoms with E-state index in [9.17, 15) is 4.79 Å². The second-order valence-electron chi connectivity index (χ2n) is 4.15. The Morgan fingerprint density at radius 3 is 2.37 bits per heavy atom. The highest BCUT2D eigenvalue weighted by Crippen LogP contribution is 2.13. The molecule has 2 aromatic carbocycles. The van der Waals surface area contributed by atoms with Gasteiger partial charge in [0.1, 0.15) is 0 Å². The molecule has 0 aliphatic rings. The molecule has 0 aliphatic carbocycles. The number of rotatable bonds is 4. The first-order valence-corrected chi connectivity index (χ1v) is 7.06. The molecule has 0 heterocycles. The monoisotopic (exact) mass is 366 g/mol. The van der Waals surface area contributed by atoms with Crippen molar-refractivity contribution in [2.45, 2.75) is 0 Å². The quantitative estimate of drug-likeness (QED) is 0.842. The van der Waals surface area contributed by atoms with Crippen LogP contribution in [-0.2, 0) is 4.79 Å². The van der Waals surface area contributed by atoms with Crippen molar-refractivity contribution < 1.29 is 4.79 Å². The number of benzene rings is 2. The summed E-state index contributed by atoms with van der Waals surface area (Å²) < 4.78 is 1.18. The Bertz CT molecular complexity index is 540. The molecular weight excluding hydrogens is 351 g/mol.